The Kier molecular flexibility index (Phi) is 15.1. The van der Waals surface area contributed by atoms with Crippen molar-refractivity contribution in [1.82, 2.24) is 0 Å². The zero-order valence-corrected chi connectivity index (χ0v) is 20.3. The van der Waals surface area contributed by atoms with Gasteiger partial charge in [-0.1, -0.05) is 18.6 Å². The minimum absolute atomic E-state index is 0. The third kappa shape index (κ3) is 11.6. The first-order valence-corrected chi connectivity index (χ1v) is 9.40. The second kappa shape index (κ2) is 15.7. The van der Waals surface area contributed by atoms with E-state index < -0.39 is 11.6 Å². The zero-order chi connectivity index (χ0) is 20.1. The van der Waals surface area contributed by atoms with E-state index in [1.807, 2.05) is 60.7 Å². The molecule has 0 nitrogen and oxygen atoms in total. The SMILES string of the molecule is [CH2-]CCCc1cc(Br)c(F)cc1F.[CH2-]c1ccccc1.[CH2-]c1ccccc1.[Y+3]. The molecule has 0 bridgehead atoms. The topological polar surface area (TPSA) is 0 Å². The van der Waals surface area contributed by atoms with Crippen LogP contribution in [0.3, 0.4) is 0 Å². The summed E-state index contributed by atoms with van der Waals surface area (Å²) in [4.78, 5) is 0. The van der Waals surface area contributed by atoms with Gasteiger partial charge in [0.25, 0.3) is 0 Å². The van der Waals surface area contributed by atoms with Gasteiger partial charge in [0.1, 0.15) is 11.6 Å². The van der Waals surface area contributed by atoms with Crippen molar-refractivity contribution in [3.05, 3.63) is 126 Å². The van der Waals surface area contributed by atoms with E-state index >= 15 is 0 Å². The summed E-state index contributed by atoms with van der Waals surface area (Å²) in [5.41, 5.74) is 2.68. The van der Waals surface area contributed by atoms with Gasteiger partial charge >= 0.3 is 32.7 Å². The van der Waals surface area contributed by atoms with Gasteiger partial charge in [0.2, 0.25) is 0 Å². The van der Waals surface area contributed by atoms with Crippen LogP contribution in [0.1, 0.15) is 29.5 Å². The normalized spacial score (nSPS) is 9.14. The first-order chi connectivity index (χ1) is 12.9. The molecule has 3 aromatic rings. The maximum absolute atomic E-state index is 13.1. The molecule has 0 N–H and O–H groups in total. The van der Waals surface area contributed by atoms with Gasteiger partial charge in [-0.15, -0.1) is 24.3 Å². The van der Waals surface area contributed by atoms with E-state index in [9.17, 15) is 8.78 Å². The van der Waals surface area contributed by atoms with Crippen molar-refractivity contribution in [3.8, 4) is 0 Å². The van der Waals surface area contributed by atoms with E-state index in [0.29, 0.717) is 16.5 Å². The molecule has 0 radical (unpaired) electrons. The summed E-state index contributed by atoms with van der Waals surface area (Å²) >= 11 is 3.01. The molecule has 0 aliphatic rings. The van der Waals surface area contributed by atoms with Crippen molar-refractivity contribution < 1.29 is 41.5 Å². The van der Waals surface area contributed by atoms with Crippen LogP contribution < -0.4 is 0 Å². The molecule has 0 aliphatic carbocycles. The van der Waals surface area contributed by atoms with Crippen LogP contribution in [0, 0.1) is 32.4 Å². The summed E-state index contributed by atoms with van der Waals surface area (Å²) in [6, 6.07) is 22.1. The molecule has 0 atom stereocenters. The molecule has 4 heteroatoms. The van der Waals surface area contributed by atoms with Gasteiger partial charge in [0.15, 0.2) is 0 Å². The Morgan fingerprint density at radius 3 is 1.57 bits per heavy atom. The van der Waals surface area contributed by atoms with Crippen LogP contribution in [-0.4, -0.2) is 0 Å². The minimum atomic E-state index is -0.559. The van der Waals surface area contributed by atoms with E-state index in [1.165, 1.54) is 6.07 Å². The summed E-state index contributed by atoms with van der Waals surface area (Å²) in [6.07, 6.45) is 2.18. The maximum atomic E-state index is 13.1. The predicted octanol–water partition coefficient (Wildman–Crippen LogP) is 7.62. The maximum Gasteiger partial charge on any atom is 3.00 e. The molecule has 0 saturated heterocycles. The van der Waals surface area contributed by atoms with E-state index in [-0.39, 0.29) is 32.7 Å². The first-order valence-electron chi connectivity index (χ1n) is 8.60. The Labute approximate surface area is 201 Å². The molecule has 3 rings (SSSR count). The second-order valence-electron chi connectivity index (χ2n) is 5.79. The molecule has 0 fully saturated rings. The molecule has 0 spiro atoms. The molecule has 0 aromatic heterocycles. The van der Waals surface area contributed by atoms with Crippen molar-refractivity contribution in [2.45, 2.75) is 19.3 Å². The van der Waals surface area contributed by atoms with E-state index in [1.54, 1.807) is 0 Å². The van der Waals surface area contributed by atoms with Crippen molar-refractivity contribution >= 4 is 15.9 Å². The predicted molar refractivity (Wildman–Crippen MR) is 114 cm³/mol. The Bertz CT molecular complexity index is 740. The van der Waals surface area contributed by atoms with Crippen molar-refractivity contribution in [1.29, 1.82) is 0 Å². The summed E-state index contributed by atoms with van der Waals surface area (Å²) in [7, 11) is 0. The Morgan fingerprint density at radius 1 is 0.750 bits per heavy atom. The number of hydrogen-bond acceptors (Lipinski definition) is 0. The number of aryl methyl sites for hydroxylation is 1. The van der Waals surface area contributed by atoms with Gasteiger partial charge in [-0.05, 0) is 34.0 Å². The first kappa shape index (κ1) is 26.8. The largest absolute Gasteiger partial charge is 3.00 e. The third-order valence-electron chi connectivity index (χ3n) is 3.47. The molecular formula is C24H24BrF2Y. The van der Waals surface area contributed by atoms with Crippen LogP contribution in [0.4, 0.5) is 8.78 Å². The van der Waals surface area contributed by atoms with E-state index in [2.05, 4.69) is 36.7 Å². The van der Waals surface area contributed by atoms with E-state index in [4.69, 9.17) is 0 Å². The fraction of sp³-hybridized carbons (Fsp3) is 0.125. The number of halogens is 3. The molecule has 0 saturated carbocycles. The smallest absolute Gasteiger partial charge is 0.343 e. The summed E-state index contributed by atoms with van der Waals surface area (Å²) < 4.78 is 26.2. The minimum Gasteiger partial charge on any atom is -0.343 e. The van der Waals surface area contributed by atoms with Gasteiger partial charge in [-0.3, -0.25) is 0 Å². The number of rotatable bonds is 3. The van der Waals surface area contributed by atoms with Gasteiger partial charge in [-0.2, -0.15) is 55.7 Å². The number of hydrogen-bond donors (Lipinski definition) is 0. The molecule has 28 heavy (non-hydrogen) atoms. The summed E-state index contributed by atoms with van der Waals surface area (Å²) in [5.74, 6) is -1.04. The van der Waals surface area contributed by atoms with E-state index in [0.717, 1.165) is 30.0 Å². The molecule has 0 unspecified atom stereocenters. The van der Waals surface area contributed by atoms with Crippen LogP contribution in [-0.2, 0) is 39.1 Å². The third-order valence-corrected chi connectivity index (χ3v) is 4.08. The second-order valence-corrected chi connectivity index (χ2v) is 6.64. The molecule has 0 aliphatic heterocycles. The molecule has 0 amide bonds. The average Bonchev–Trinajstić information content (AvgIpc) is 2.66. The molecule has 144 valence electrons. The van der Waals surface area contributed by atoms with Gasteiger partial charge < -0.3 is 6.92 Å². The quantitative estimate of drug-likeness (QED) is 0.247. The van der Waals surface area contributed by atoms with Crippen LogP contribution in [0.15, 0.2) is 77.3 Å². The van der Waals surface area contributed by atoms with Crippen molar-refractivity contribution in [2.24, 2.45) is 0 Å². The summed E-state index contributed by atoms with van der Waals surface area (Å²) in [6.45, 7) is 11.1. The van der Waals surface area contributed by atoms with Gasteiger partial charge in [-0.25, -0.2) is 8.78 Å². The Balaban J connectivity index is 0.000000414. The molecule has 0 heterocycles. The monoisotopic (exact) mass is 518 g/mol. The van der Waals surface area contributed by atoms with Crippen LogP contribution in [0.5, 0.6) is 0 Å². The molecular weight excluding hydrogens is 495 g/mol. The number of unbranched alkanes of at least 4 members (excludes halogenated alkanes) is 1. The average molecular weight is 519 g/mol. The van der Waals surface area contributed by atoms with Crippen molar-refractivity contribution in [3.63, 3.8) is 0 Å². The van der Waals surface area contributed by atoms with Crippen molar-refractivity contribution in [2.75, 3.05) is 0 Å². The molecule has 3 aromatic carbocycles. The Morgan fingerprint density at radius 2 is 1.21 bits per heavy atom. The fourth-order valence-corrected chi connectivity index (χ4v) is 2.42. The van der Waals surface area contributed by atoms with Crippen LogP contribution in [0.2, 0.25) is 0 Å². The van der Waals surface area contributed by atoms with Crippen LogP contribution in [0.25, 0.3) is 0 Å². The van der Waals surface area contributed by atoms with Gasteiger partial charge in [0, 0.05) is 6.07 Å². The standard InChI is InChI=1S/C10H10BrF2.2C7H7.Y/c1-2-3-4-7-5-8(11)10(13)6-9(7)12;2*1-7-5-3-2-4-6-7;/h5-6H,1-4H2;2*2-6H,1H2;/q3*-1;+3. The summed E-state index contributed by atoms with van der Waals surface area (Å²) in [5, 5.41) is 0. The van der Waals surface area contributed by atoms with Crippen LogP contribution >= 0.6 is 15.9 Å². The van der Waals surface area contributed by atoms with Gasteiger partial charge in [0.05, 0.1) is 4.47 Å². The zero-order valence-electron chi connectivity index (χ0n) is 15.9. The Hall–Kier alpha value is -1.16. The fourth-order valence-electron chi connectivity index (χ4n) is 2.03. The number of benzene rings is 3.